The van der Waals surface area contributed by atoms with E-state index >= 15 is 0 Å². The number of aryl methyl sites for hydroxylation is 1. The number of hydrogen-bond acceptors (Lipinski definition) is 3. The molecule has 1 N–H and O–H groups in total. The molecule has 0 saturated carbocycles. The first kappa shape index (κ1) is 23.6. The molecule has 0 fully saturated rings. The minimum absolute atomic E-state index is 0.0233. The maximum atomic E-state index is 12.5. The molecule has 0 radical (unpaired) electrons. The molecule has 0 bridgehead atoms. The van der Waals surface area contributed by atoms with Crippen LogP contribution >= 0.6 is 0 Å². The van der Waals surface area contributed by atoms with Crippen molar-refractivity contribution in [3.63, 3.8) is 0 Å². The number of carbonyl (C=O) groups excluding carboxylic acids is 1. The molecule has 1 heterocycles. The van der Waals surface area contributed by atoms with Gasteiger partial charge in [0.15, 0.2) is 0 Å². The summed E-state index contributed by atoms with van der Waals surface area (Å²) < 4.78 is 8.27. The van der Waals surface area contributed by atoms with E-state index in [-0.39, 0.29) is 11.9 Å². The Morgan fingerprint density at radius 2 is 1.88 bits per heavy atom. The Morgan fingerprint density at radius 3 is 2.62 bits per heavy atom. The summed E-state index contributed by atoms with van der Waals surface area (Å²) >= 11 is 0. The maximum absolute atomic E-state index is 12.5. The van der Waals surface area contributed by atoms with Crippen LogP contribution in [-0.2, 0) is 17.8 Å². The van der Waals surface area contributed by atoms with Gasteiger partial charge in [-0.05, 0) is 49.9 Å². The molecule has 1 atom stereocenters. The fourth-order valence-electron chi connectivity index (χ4n) is 3.66. The molecule has 0 aliphatic carbocycles. The van der Waals surface area contributed by atoms with Gasteiger partial charge in [-0.25, -0.2) is 4.98 Å². The smallest absolute Gasteiger partial charge is 0.225 e. The van der Waals surface area contributed by atoms with E-state index in [9.17, 15) is 4.79 Å². The lowest BCUT2D eigenvalue weighted by atomic mass is 9.95. The molecule has 0 aliphatic rings. The van der Waals surface area contributed by atoms with Crippen molar-refractivity contribution < 1.29 is 9.53 Å². The number of carbonyl (C=O) groups is 1. The molecule has 0 aliphatic heterocycles. The summed E-state index contributed by atoms with van der Waals surface area (Å²) in [5.74, 6) is 1.84. The number of imidazole rings is 1. The second-order valence-electron chi connectivity index (χ2n) is 9.21. The van der Waals surface area contributed by atoms with Crippen molar-refractivity contribution in [2.75, 3.05) is 6.61 Å². The molecule has 1 amide bonds. The molecule has 3 aromatic rings. The van der Waals surface area contributed by atoms with Gasteiger partial charge in [0.05, 0.1) is 23.7 Å². The first-order valence-corrected chi connectivity index (χ1v) is 11.4. The van der Waals surface area contributed by atoms with Gasteiger partial charge in [0.1, 0.15) is 11.6 Å². The summed E-state index contributed by atoms with van der Waals surface area (Å²) in [5.41, 5.74) is 2.77. The third-order valence-corrected chi connectivity index (χ3v) is 5.47. The molecular weight excluding hydrogens is 398 g/mol. The molecule has 2 aromatic carbocycles. The summed E-state index contributed by atoms with van der Waals surface area (Å²) in [6.45, 7) is 13.1. The highest BCUT2D eigenvalue weighted by atomic mass is 16.5. The van der Waals surface area contributed by atoms with E-state index in [0.717, 1.165) is 54.0 Å². The lowest BCUT2D eigenvalue weighted by molar-refractivity contribution is -0.129. The van der Waals surface area contributed by atoms with Crippen molar-refractivity contribution in [1.29, 1.82) is 0 Å². The Labute approximate surface area is 191 Å². The number of aromatic nitrogens is 2. The van der Waals surface area contributed by atoms with Gasteiger partial charge in [-0.3, -0.25) is 4.79 Å². The lowest BCUT2D eigenvalue weighted by Crippen LogP contribution is -2.37. The van der Waals surface area contributed by atoms with Crippen LogP contribution in [0.25, 0.3) is 11.0 Å². The first-order valence-electron chi connectivity index (χ1n) is 11.4. The van der Waals surface area contributed by atoms with Crippen LogP contribution in [-0.4, -0.2) is 22.1 Å². The van der Waals surface area contributed by atoms with E-state index in [4.69, 9.17) is 9.72 Å². The zero-order chi connectivity index (χ0) is 23.1. The van der Waals surface area contributed by atoms with Crippen LogP contribution in [0.3, 0.4) is 0 Å². The average Bonchev–Trinajstić information content (AvgIpc) is 3.13. The highest BCUT2D eigenvalue weighted by molar-refractivity contribution is 5.82. The minimum atomic E-state index is -0.440. The van der Waals surface area contributed by atoms with E-state index in [2.05, 4.69) is 28.6 Å². The number of ether oxygens (including phenoxy) is 1. The van der Waals surface area contributed by atoms with Crippen LogP contribution in [0.2, 0.25) is 0 Å². The van der Waals surface area contributed by atoms with Crippen LogP contribution < -0.4 is 10.1 Å². The van der Waals surface area contributed by atoms with Gasteiger partial charge >= 0.3 is 0 Å². The quantitative estimate of drug-likeness (QED) is 0.322. The zero-order valence-electron chi connectivity index (χ0n) is 19.7. The molecule has 170 valence electrons. The second-order valence-corrected chi connectivity index (χ2v) is 9.21. The number of amides is 1. The summed E-state index contributed by atoms with van der Waals surface area (Å²) in [4.78, 5) is 17.3. The molecule has 1 aromatic heterocycles. The van der Waals surface area contributed by atoms with Crippen molar-refractivity contribution in [1.82, 2.24) is 14.9 Å². The number of hydrogen-bond donors (Lipinski definition) is 1. The Kier molecular flexibility index (Phi) is 7.73. The third-order valence-electron chi connectivity index (χ3n) is 5.47. The standard InChI is InChI=1S/C27H35N3O2/c1-6-13-21-14-7-10-17-24(21)32-19-12-11-18-30-23-16-9-8-15-22(23)29-25(30)20(2)28-26(31)27(3,4)5/h6-10,14-17,20H,1,11-13,18-19H2,2-5H3,(H,28,31). The lowest BCUT2D eigenvalue weighted by Gasteiger charge is -2.22. The molecule has 5 nitrogen and oxygen atoms in total. The van der Waals surface area contributed by atoms with Crippen LogP contribution in [0.5, 0.6) is 5.75 Å². The Bertz CT molecular complexity index is 1060. The number of unbranched alkanes of at least 4 members (excludes halogenated alkanes) is 1. The molecular formula is C27H35N3O2. The number of benzene rings is 2. The van der Waals surface area contributed by atoms with Crippen LogP contribution in [0, 0.1) is 5.41 Å². The Morgan fingerprint density at radius 1 is 1.16 bits per heavy atom. The zero-order valence-corrected chi connectivity index (χ0v) is 19.7. The highest BCUT2D eigenvalue weighted by Crippen LogP contribution is 2.24. The van der Waals surface area contributed by atoms with Gasteiger partial charge in [-0.15, -0.1) is 6.58 Å². The number of nitrogens with one attached hydrogen (secondary N) is 1. The summed E-state index contributed by atoms with van der Waals surface area (Å²) in [7, 11) is 0. The van der Waals surface area contributed by atoms with Gasteiger partial charge in [0.25, 0.3) is 0 Å². The number of fused-ring (bicyclic) bond motifs is 1. The maximum Gasteiger partial charge on any atom is 0.225 e. The van der Waals surface area contributed by atoms with Gasteiger partial charge in [0.2, 0.25) is 5.91 Å². The predicted octanol–water partition coefficient (Wildman–Crippen LogP) is 5.85. The third kappa shape index (κ3) is 5.78. The van der Waals surface area contributed by atoms with E-state index in [1.807, 2.05) is 70.2 Å². The predicted molar refractivity (Wildman–Crippen MR) is 131 cm³/mol. The van der Waals surface area contributed by atoms with Crippen molar-refractivity contribution in [3.05, 3.63) is 72.6 Å². The van der Waals surface area contributed by atoms with Crippen molar-refractivity contribution in [2.45, 2.75) is 59.5 Å². The molecule has 3 rings (SSSR count). The topological polar surface area (TPSA) is 56.1 Å². The molecule has 0 spiro atoms. The minimum Gasteiger partial charge on any atom is -0.493 e. The van der Waals surface area contributed by atoms with Gasteiger partial charge in [-0.2, -0.15) is 0 Å². The fraction of sp³-hybridized carbons (Fsp3) is 0.407. The molecule has 0 saturated heterocycles. The van der Waals surface area contributed by atoms with E-state index in [0.29, 0.717) is 6.61 Å². The largest absolute Gasteiger partial charge is 0.493 e. The number of para-hydroxylation sites is 3. The Hall–Kier alpha value is -3.08. The summed E-state index contributed by atoms with van der Waals surface area (Å²) in [5, 5.41) is 3.12. The van der Waals surface area contributed by atoms with Gasteiger partial charge in [-0.1, -0.05) is 57.2 Å². The van der Waals surface area contributed by atoms with Crippen LogP contribution in [0.1, 0.15) is 58.0 Å². The van der Waals surface area contributed by atoms with Gasteiger partial charge < -0.3 is 14.6 Å². The molecule has 32 heavy (non-hydrogen) atoms. The van der Waals surface area contributed by atoms with E-state index in [1.54, 1.807) is 0 Å². The van der Waals surface area contributed by atoms with E-state index < -0.39 is 5.41 Å². The van der Waals surface area contributed by atoms with Crippen molar-refractivity contribution >= 4 is 16.9 Å². The van der Waals surface area contributed by atoms with Crippen molar-refractivity contribution in [2.24, 2.45) is 5.41 Å². The fourth-order valence-corrected chi connectivity index (χ4v) is 3.66. The Balaban J connectivity index is 1.66. The molecule has 5 heteroatoms. The monoisotopic (exact) mass is 433 g/mol. The first-order chi connectivity index (χ1) is 15.3. The SMILES string of the molecule is C=CCc1ccccc1OCCCCn1c(C(C)NC(=O)C(C)(C)C)nc2ccccc21. The van der Waals surface area contributed by atoms with Crippen LogP contribution in [0.4, 0.5) is 0 Å². The second kappa shape index (κ2) is 10.5. The number of rotatable bonds is 10. The number of nitrogens with zero attached hydrogens (tertiary/aromatic N) is 2. The normalized spacial score (nSPS) is 12.5. The van der Waals surface area contributed by atoms with Crippen molar-refractivity contribution in [3.8, 4) is 5.75 Å². The average molecular weight is 434 g/mol. The number of allylic oxidation sites excluding steroid dienone is 1. The summed E-state index contributed by atoms with van der Waals surface area (Å²) in [6, 6.07) is 16.1. The van der Waals surface area contributed by atoms with Gasteiger partial charge in [0, 0.05) is 12.0 Å². The van der Waals surface area contributed by atoms with E-state index in [1.165, 1.54) is 0 Å². The molecule has 1 unspecified atom stereocenters. The van der Waals surface area contributed by atoms with Crippen LogP contribution in [0.15, 0.2) is 61.2 Å². The summed E-state index contributed by atoms with van der Waals surface area (Å²) in [6.07, 6.45) is 4.58. The highest BCUT2D eigenvalue weighted by Gasteiger charge is 2.25.